The number of ketones is 1. The normalized spacial score (nSPS) is 9.78. The Kier molecular flexibility index (Phi) is 3.33. The molecule has 0 aliphatic rings. The van der Waals surface area contributed by atoms with Crippen molar-refractivity contribution in [3.8, 4) is 0 Å². The summed E-state index contributed by atoms with van der Waals surface area (Å²) in [5, 5.41) is 2.28. The summed E-state index contributed by atoms with van der Waals surface area (Å²) in [5.41, 5.74) is -0.0305. The predicted octanol–water partition coefficient (Wildman–Crippen LogP) is 1.20. The number of nitrogens with one attached hydrogen (secondary N) is 2. The zero-order valence-corrected chi connectivity index (χ0v) is 9.34. The van der Waals surface area contributed by atoms with E-state index in [-0.39, 0.29) is 16.7 Å². The number of pyridine rings is 1. The van der Waals surface area contributed by atoms with Crippen molar-refractivity contribution in [2.45, 2.75) is 0 Å². The minimum Gasteiger partial charge on any atom is -0.366 e. The average molecular weight is 242 g/mol. The molecule has 1 heterocycles. The first-order chi connectivity index (χ1) is 8.68. The van der Waals surface area contributed by atoms with Gasteiger partial charge in [-0.25, -0.2) is 0 Å². The molecule has 0 atom stereocenters. The molecule has 0 aliphatic heterocycles. The first kappa shape index (κ1) is 11.8. The molecule has 2 N–H and O–H groups in total. The van der Waals surface area contributed by atoms with Crippen LogP contribution in [0.25, 0.3) is 0 Å². The third kappa shape index (κ3) is 2.52. The molecule has 0 saturated carbocycles. The molecule has 2 rings (SSSR count). The molecule has 1 amide bonds. The molecular formula is C13H10N2O3. The molecule has 0 spiro atoms. The van der Waals surface area contributed by atoms with Gasteiger partial charge in [0.05, 0.1) is 0 Å². The fourth-order valence-corrected chi connectivity index (χ4v) is 1.41. The highest BCUT2D eigenvalue weighted by atomic mass is 16.2. The lowest BCUT2D eigenvalue weighted by molar-refractivity contribution is -0.112. The molecule has 0 unspecified atom stereocenters. The van der Waals surface area contributed by atoms with E-state index in [1.807, 2.05) is 0 Å². The monoisotopic (exact) mass is 242 g/mol. The van der Waals surface area contributed by atoms with E-state index in [4.69, 9.17) is 0 Å². The van der Waals surface area contributed by atoms with Gasteiger partial charge in [-0.15, -0.1) is 0 Å². The molecular weight excluding hydrogens is 232 g/mol. The van der Waals surface area contributed by atoms with E-state index in [2.05, 4.69) is 10.3 Å². The van der Waals surface area contributed by atoms with Crippen LogP contribution in [-0.2, 0) is 4.79 Å². The van der Waals surface area contributed by atoms with E-state index in [0.717, 1.165) is 0 Å². The molecule has 0 bridgehead atoms. The fraction of sp³-hybridized carbons (Fsp3) is 0. The fourth-order valence-electron chi connectivity index (χ4n) is 1.41. The second-order valence-electron chi connectivity index (χ2n) is 3.57. The Bertz CT molecular complexity index is 632. The Morgan fingerprint density at radius 1 is 1.06 bits per heavy atom. The lowest BCUT2D eigenvalue weighted by Gasteiger charge is -2.03. The summed E-state index contributed by atoms with van der Waals surface area (Å²) in [4.78, 5) is 37.4. The summed E-state index contributed by atoms with van der Waals surface area (Å²) in [6.45, 7) is 0. The van der Waals surface area contributed by atoms with Crippen molar-refractivity contribution in [3.05, 3.63) is 64.6 Å². The van der Waals surface area contributed by atoms with Crippen molar-refractivity contribution in [2.75, 3.05) is 5.32 Å². The number of aromatic amines is 1. The Balaban J connectivity index is 2.17. The molecule has 90 valence electrons. The van der Waals surface area contributed by atoms with Gasteiger partial charge in [-0.3, -0.25) is 14.4 Å². The van der Waals surface area contributed by atoms with Crippen LogP contribution in [0.2, 0.25) is 0 Å². The van der Waals surface area contributed by atoms with Gasteiger partial charge in [0.25, 0.3) is 11.7 Å². The smallest absolute Gasteiger partial charge is 0.296 e. The van der Waals surface area contributed by atoms with Crippen LogP contribution in [0.5, 0.6) is 0 Å². The van der Waals surface area contributed by atoms with E-state index in [1.54, 1.807) is 18.2 Å². The van der Waals surface area contributed by atoms with Crippen molar-refractivity contribution < 1.29 is 9.59 Å². The number of Topliss-reactive ketones (excluding diaryl/α,β-unsaturated/α-hetero) is 1. The van der Waals surface area contributed by atoms with E-state index in [1.165, 1.54) is 30.6 Å². The van der Waals surface area contributed by atoms with E-state index in [9.17, 15) is 14.4 Å². The number of carbonyl (C=O) groups excluding carboxylic acids is 2. The predicted molar refractivity (Wildman–Crippen MR) is 66.5 cm³/mol. The zero-order valence-electron chi connectivity index (χ0n) is 9.34. The van der Waals surface area contributed by atoms with Crippen LogP contribution in [0, 0.1) is 0 Å². The highest BCUT2D eigenvalue weighted by Crippen LogP contribution is 2.02. The van der Waals surface area contributed by atoms with Gasteiger partial charge in [-0.1, -0.05) is 30.3 Å². The van der Waals surface area contributed by atoms with Crippen molar-refractivity contribution in [1.82, 2.24) is 4.98 Å². The third-order valence-electron chi connectivity index (χ3n) is 2.31. The minimum atomic E-state index is -0.835. The molecule has 2 aromatic rings. The van der Waals surface area contributed by atoms with Crippen LogP contribution in [0.3, 0.4) is 0 Å². The quantitative estimate of drug-likeness (QED) is 0.627. The van der Waals surface area contributed by atoms with E-state index < -0.39 is 11.7 Å². The number of aromatic nitrogens is 1. The summed E-state index contributed by atoms with van der Waals surface area (Å²) >= 11 is 0. The number of hydrogen-bond donors (Lipinski definition) is 2. The molecule has 5 nitrogen and oxygen atoms in total. The Morgan fingerprint density at radius 3 is 2.44 bits per heavy atom. The maximum absolute atomic E-state index is 11.7. The van der Waals surface area contributed by atoms with Crippen molar-refractivity contribution in [1.29, 1.82) is 0 Å². The molecule has 5 heteroatoms. The number of anilines is 1. The number of hydrogen-bond acceptors (Lipinski definition) is 3. The Labute approximate surface area is 102 Å². The Hall–Kier alpha value is -2.69. The van der Waals surface area contributed by atoms with Crippen LogP contribution in [0.15, 0.2) is 53.6 Å². The second kappa shape index (κ2) is 5.09. The van der Waals surface area contributed by atoms with Crippen LogP contribution in [0.1, 0.15) is 10.4 Å². The molecule has 1 aromatic heterocycles. The van der Waals surface area contributed by atoms with Gasteiger partial charge in [0, 0.05) is 24.0 Å². The summed E-state index contributed by atoms with van der Waals surface area (Å²) < 4.78 is 0. The number of carbonyl (C=O) groups is 2. The highest BCUT2D eigenvalue weighted by molar-refractivity contribution is 6.46. The van der Waals surface area contributed by atoms with Crippen LogP contribution in [0.4, 0.5) is 5.69 Å². The molecule has 0 aliphatic carbocycles. The minimum absolute atomic E-state index is 0.0479. The topological polar surface area (TPSA) is 79.0 Å². The SMILES string of the molecule is O=C(Nc1c[nH]ccc1=O)C(=O)c1ccccc1. The molecule has 0 fully saturated rings. The standard InChI is InChI=1S/C13H10N2O3/c16-11-6-7-14-8-10(11)15-13(18)12(17)9-4-2-1-3-5-9/h1-8H,(H,14,16)(H,15,18). The summed E-state index contributed by atoms with van der Waals surface area (Å²) in [6.07, 6.45) is 2.77. The van der Waals surface area contributed by atoms with Crippen molar-refractivity contribution in [3.63, 3.8) is 0 Å². The third-order valence-corrected chi connectivity index (χ3v) is 2.31. The van der Waals surface area contributed by atoms with Gasteiger partial charge < -0.3 is 10.3 Å². The first-order valence-corrected chi connectivity index (χ1v) is 5.26. The van der Waals surface area contributed by atoms with Crippen molar-refractivity contribution >= 4 is 17.4 Å². The van der Waals surface area contributed by atoms with E-state index in [0.29, 0.717) is 0 Å². The molecule has 18 heavy (non-hydrogen) atoms. The Morgan fingerprint density at radius 2 is 1.78 bits per heavy atom. The molecule has 0 saturated heterocycles. The maximum atomic E-state index is 11.7. The van der Waals surface area contributed by atoms with Gasteiger partial charge in [0.1, 0.15) is 5.69 Å². The van der Waals surface area contributed by atoms with Crippen LogP contribution >= 0.6 is 0 Å². The maximum Gasteiger partial charge on any atom is 0.296 e. The summed E-state index contributed by atoms with van der Waals surface area (Å²) in [6, 6.07) is 9.42. The number of rotatable bonds is 3. The lowest BCUT2D eigenvalue weighted by atomic mass is 10.1. The van der Waals surface area contributed by atoms with Crippen LogP contribution < -0.4 is 10.7 Å². The van der Waals surface area contributed by atoms with Crippen molar-refractivity contribution in [2.24, 2.45) is 0 Å². The average Bonchev–Trinajstić information content (AvgIpc) is 2.41. The molecule has 0 radical (unpaired) electrons. The highest BCUT2D eigenvalue weighted by Gasteiger charge is 2.16. The lowest BCUT2D eigenvalue weighted by Crippen LogP contribution is -2.25. The van der Waals surface area contributed by atoms with Gasteiger partial charge >= 0.3 is 0 Å². The molecule has 1 aromatic carbocycles. The largest absolute Gasteiger partial charge is 0.366 e. The van der Waals surface area contributed by atoms with E-state index >= 15 is 0 Å². The van der Waals surface area contributed by atoms with Gasteiger partial charge in [-0.05, 0) is 0 Å². The van der Waals surface area contributed by atoms with Crippen LogP contribution in [-0.4, -0.2) is 16.7 Å². The zero-order chi connectivity index (χ0) is 13.0. The number of benzene rings is 1. The second-order valence-corrected chi connectivity index (χ2v) is 3.57. The summed E-state index contributed by atoms with van der Waals surface area (Å²) in [5.74, 6) is -1.52. The summed E-state index contributed by atoms with van der Waals surface area (Å²) in [7, 11) is 0. The first-order valence-electron chi connectivity index (χ1n) is 5.26. The van der Waals surface area contributed by atoms with Gasteiger partial charge in [0.2, 0.25) is 5.43 Å². The van der Waals surface area contributed by atoms with Gasteiger partial charge in [0.15, 0.2) is 0 Å². The number of amides is 1. The van der Waals surface area contributed by atoms with Gasteiger partial charge in [-0.2, -0.15) is 0 Å². The number of H-pyrrole nitrogens is 1.